The molecule has 1 N–H and O–H groups in total. The molecule has 1 aromatic rings. The summed E-state index contributed by atoms with van der Waals surface area (Å²) in [5.74, 6) is -0.278. The summed E-state index contributed by atoms with van der Waals surface area (Å²) < 4.78 is 12.7. The van der Waals surface area contributed by atoms with E-state index in [2.05, 4.69) is 12.2 Å². The Hall–Kier alpha value is -0.600. The molecule has 3 heteroatoms. The molecule has 0 aliphatic rings. The summed E-state index contributed by atoms with van der Waals surface area (Å²) in [6.07, 6.45) is 1.97. The second kappa shape index (κ2) is 5.99. The second-order valence-corrected chi connectivity index (χ2v) is 3.64. The molecule has 0 heterocycles. The Kier molecular flexibility index (Phi) is 4.91. The molecule has 0 aromatic heterocycles. The molecule has 0 saturated heterocycles. The van der Waals surface area contributed by atoms with Crippen molar-refractivity contribution in [3.8, 4) is 0 Å². The lowest BCUT2D eigenvalue weighted by Crippen LogP contribution is -2.17. The van der Waals surface area contributed by atoms with Crippen molar-refractivity contribution in [1.29, 1.82) is 0 Å². The fourth-order valence-electron chi connectivity index (χ4n) is 1.25. The van der Waals surface area contributed by atoms with Crippen molar-refractivity contribution in [1.82, 2.24) is 5.32 Å². The van der Waals surface area contributed by atoms with E-state index < -0.39 is 0 Å². The van der Waals surface area contributed by atoms with Gasteiger partial charge in [-0.1, -0.05) is 24.6 Å². The summed E-state index contributed by atoms with van der Waals surface area (Å²) >= 11 is 5.87. The first-order valence-electron chi connectivity index (χ1n) is 4.88. The number of hydrogen-bond donors (Lipinski definition) is 1. The molecule has 0 bridgehead atoms. The topological polar surface area (TPSA) is 12.0 Å². The molecule has 0 aliphatic heterocycles. The predicted octanol–water partition coefficient (Wildman–Crippen LogP) is 3.02. The van der Waals surface area contributed by atoms with E-state index in [1.165, 1.54) is 12.1 Å². The summed E-state index contributed by atoms with van der Waals surface area (Å²) in [5, 5.41) is 3.79. The van der Waals surface area contributed by atoms with E-state index in [0.717, 1.165) is 31.5 Å². The summed E-state index contributed by atoms with van der Waals surface area (Å²) in [5.41, 5.74) is 0.997. The lowest BCUT2D eigenvalue weighted by molar-refractivity contribution is 0.625. The van der Waals surface area contributed by atoms with Crippen molar-refractivity contribution in [2.75, 3.05) is 13.1 Å². The molecular weight excluding hydrogens is 201 g/mol. The van der Waals surface area contributed by atoms with Crippen molar-refractivity contribution in [2.45, 2.75) is 19.8 Å². The van der Waals surface area contributed by atoms with Crippen LogP contribution in [0, 0.1) is 5.82 Å². The first-order valence-corrected chi connectivity index (χ1v) is 5.26. The average Bonchev–Trinajstić information content (AvgIpc) is 2.15. The van der Waals surface area contributed by atoms with E-state index >= 15 is 0 Å². The number of hydrogen-bond acceptors (Lipinski definition) is 1. The fourth-order valence-corrected chi connectivity index (χ4v) is 1.51. The van der Waals surface area contributed by atoms with E-state index in [0.29, 0.717) is 5.02 Å². The Balaban J connectivity index is 2.42. The summed E-state index contributed by atoms with van der Waals surface area (Å²) in [4.78, 5) is 0. The maximum Gasteiger partial charge on any atom is 0.124 e. The molecule has 0 aliphatic carbocycles. The Morgan fingerprint density at radius 3 is 2.79 bits per heavy atom. The van der Waals surface area contributed by atoms with Gasteiger partial charge >= 0.3 is 0 Å². The molecule has 14 heavy (non-hydrogen) atoms. The van der Waals surface area contributed by atoms with Gasteiger partial charge in [0.1, 0.15) is 5.82 Å². The van der Waals surface area contributed by atoms with Gasteiger partial charge in [-0.2, -0.15) is 0 Å². The molecule has 0 fully saturated rings. The van der Waals surface area contributed by atoms with Crippen LogP contribution < -0.4 is 5.32 Å². The highest BCUT2D eigenvalue weighted by Gasteiger charge is 2.00. The molecule has 0 unspecified atom stereocenters. The van der Waals surface area contributed by atoms with Gasteiger partial charge in [0.25, 0.3) is 0 Å². The van der Waals surface area contributed by atoms with Gasteiger partial charge in [0.15, 0.2) is 0 Å². The summed E-state index contributed by atoms with van der Waals surface area (Å²) in [7, 11) is 0. The number of rotatable bonds is 5. The van der Waals surface area contributed by atoms with Crippen LogP contribution in [0.4, 0.5) is 4.39 Å². The van der Waals surface area contributed by atoms with Gasteiger partial charge in [-0.3, -0.25) is 0 Å². The van der Waals surface area contributed by atoms with Gasteiger partial charge in [0.05, 0.1) is 0 Å². The molecule has 1 aromatic carbocycles. The molecule has 0 saturated carbocycles. The number of benzene rings is 1. The maximum absolute atomic E-state index is 12.7. The fraction of sp³-hybridized carbons (Fsp3) is 0.455. The third-order valence-corrected chi connectivity index (χ3v) is 2.36. The van der Waals surface area contributed by atoms with E-state index in [1.54, 1.807) is 6.07 Å². The van der Waals surface area contributed by atoms with Crippen LogP contribution in [0.3, 0.4) is 0 Å². The van der Waals surface area contributed by atoms with Crippen molar-refractivity contribution in [2.24, 2.45) is 0 Å². The number of halogens is 2. The zero-order valence-corrected chi connectivity index (χ0v) is 9.07. The predicted molar refractivity (Wildman–Crippen MR) is 58.3 cm³/mol. The van der Waals surface area contributed by atoms with Gasteiger partial charge < -0.3 is 5.32 Å². The third kappa shape index (κ3) is 3.64. The monoisotopic (exact) mass is 215 g/mol. The summed E-state index contributed by atoms with van der Waals surface area (Å²) in [6.45, 7) is 4.02. The summed E-state index contributed by atoms with van der Waals surface area (Å²) in [6, 6.07) is 4.54. The Labute approximate surface area is 89.3 Å². The second-order valence-electron chi connectivity index (χ2n) is 3.24. The molecular formula is C11H15ClFN. The molecule has 0 atom stereocenters. The molecule has 0 radical (unpaired) electrons. The quantitative estimate of drug-likeness (QED) is 0.745. The van der Waals surface area contributed by atoms with Gasteiger partial charge in [-0.15, -0.1) is 0 Å². The SMILES string of the molecule is CCCNCCc1ccc(F)cc1Cl. The molecule has 1 rings (SSSR count). The van der Waals surface area contributed by atoms with E-state index in [-0.39, 0.29) is 5.82 Å². The first kappa shape index (κ1) is 11.5. The van der Waals surface area contributed by atoms with Crippen LogP contribution in [0.2, 0.25) is 5.02 Å². The van der Waals surface area contributed by atoms with Gasteiger partial charge in [-0.05, 0) is 43.6 Å². The standard InChI is InChI=1S/C11H15ClFN/c1-2-6-14-7-5-9-3-4-10(13)8-11(9)12/h3-4,8,14H,2,5-7H2,1H3. The average molecular weight is 216 g/mol. The minimum atomic E-state index is -0.278. The zero-order valence-electron chi connectivity index (χ0n) is 8.32. The Morgan fingerprint density at radius 2 is 2.14 bits per heavy atom. The largest absolute Gasteiger partial charge is 0.316 e. The van der Waals surface area contributed by atoms with Crippen LogP contribution in [-0.4, -0.2) is 13.1 Å². The molecule has 0 amide bonds. The lowest BCUT2D eigenvalue weighted by Gasteiger charge is -2.05. The van der Waals surface area contributed by atoms with E-state index in [4.69, 9.17) is 11.6 Å². The highest BCUT2D eigenvalue weighted by molar-refractivity contribution is 6.31. The van der Waals surface area contributed by atoms with E-state index in [9.17, 15) is 4.39 Å². The van der Waals surface area contributed by atoms with Crippen LogP contribution >= 0.6 is 11.6 Å². The van der Waals surface area contributed by atoms with Gasteiger partial charge in [0, 0.05) is 5.02 Å². The lowest BCUT2D eigenvalue weighted by atomic mass is 10.1. The minimum Gasteiger partial charge on any atom is -0.316 e. The molecule has 78 valence electrons. The van der Waals surface area contributed by atoms with Gasteiger partial charge in [0.2, 0.25) is 0 Å². The van der Waals surface area contributed by atoms with Crippen LogP contribution in [0.25, 0.3) is 0 Å². The van der Waals surface area contributed by atoms with Crippen molar-refractivity contribution < 1.29 is 4.39 Å². The highest BCUT2D eigenvalue weighted by atomic mass is 35.5. The zero-order chi connectivity index (χ0) is 10.4. The van der Waals surface area contributed by atoms with E-state index in [1.807, 2.05) is 0 Å². The van der Waals surface area contributed by atoms with Crippen molar-refractivity contribution >= 4 is 11.6 Å². The first-order chi connectivity index (χ1) is 6.74. The van der Waals surface area contributed by atoms with Crippen molar-refractivity contribution in [3.05, 3.63) is 34.6 Å². The van der Waals surface area contributed by atoms with Crippen LogP contribution in [0.5, 0.6) is 0 Å². The Morgan fingerprint density at radius 1 is 1.36 bits per heavy atom. The van der Waals surface area contributed by atoms with Crippen LogP contribution in [-0.2, 0) is 6.42 Å². The highest BCUT2D eigenvalue weighted by Crippen LogP contribution is 2.17. The maximum atomic E-state index is 12.7. The molecule has 1 nitrogen and oxygen atoms in total. The Bertz CT molecular complexity index is 289. The normalized spacial score (nSPS) is 10.5. The molecule has 0 spiro atoms. The number of nitrogens with one attached hydrogen (secondary N) is 1. The minimum absolute atomic E-state index is 0.278. The van der Waals surface area contributed by atoms with Crippen LogP contribution in [0.1, 0.15) is 18.9 Å². The third-order valence-electron chi connectivity index (χ3n) is 2.01. The van der Waals surface area contributed by atoms with Gasteiger partial charge in [-0.25, -0.2) is 4.39 Å². The van der Waals surface area contributed by atoms with Crippen LogP contribution in [0.15, 0.2) is 18.2 Å². The smallest absolute Gasteiger partial charge is 0.124 e. The van der Waals surface area contributed by atoms with Crippen molar-refractivity contribution in [3.63, 3.8) is 0 Å².